The highest BCUT2D eigenvalue weighted by atomic mass is 19.4. The summed E-state index contributed by atoms with van der Waals surface area (Å²) >= 11 is 0. The molecule has 1 N–H and O–H groups in total. The van der Waals surface area contributed by atoms with Gasteiger partial charge in [-0.2, -0.15) is 13.2 Å². The van der Waals surface area contributed by atoms with Crippen LogP contribution in [0.2, 0.25) is 0 Å². The number of hydrogen-bond donors (Lipinski definition) is 1. The monoisotopic (exact) mass is 408 g/mol. The Balaban J connectivity index is 1.90. The molecule has 8 heteroatoms. The van der Waals surface area contributed by atoms with Gasteiger partial charge in [-0.05, 0) is 43.7 Å². The molecular formula is C21H23F3N2O3. The summed E-state index contributed by atoms with van der Waals surface area (Å²) in [6.07, 6.45) is -5.15. The first-order valence-electron chi connectivity index (χ1n) is 8.97. The van der Waals surface area contributed by atoms with Crippen LogP contribution in [0.3, 0.4) is 0 Å². The molecule has 0 unspecified atom stereocenters. The average Bonchev–Trinajstić information content (AvgIpc) is 2.67. The number of ether oxygens (including phenoxy) is 1. The van der Waals surface area contributed by atoms with Crippen LogP contribution in [0.5, 0.6) is 5.75 Å². The highest BCUT2D eigenvalue weighted by Gasteiger charge is 2.28. The Bertz CT molecular complexity index is 834. The fourth-order valence-corrected chi connectivity index (χ4v) is 2.58. The molecule has 5 nitrogen and oxygen atoms in total. The summed E-state index contributed by atoms with van der Waals surface area (Å²) in [4.78, 5) is 25.7. The summed E-state index contributed by atoms with van der Waals surface area (Å²) < 4.78 is 42.2. The van der Waals surface area contributed by atoms with Crippen LogP contribution >= 0.6 is 0 Å². The third-order valence-electron chi connectivity index (χ3n) is 4.14. The van der Waals surface area contributed by atoms with Crippen LogP contribution < -0.4 is 10.1 Å². The molecule has 0 radical (unpaired) electrons. The van der Waals surface area contributed by atoms with Gasteiger partial charge in [0.05, 0.1) is 0 Å². The van der Waals surface area contributed by atoms with Gasteiger partial charge < -0.3 is 15.0 Å². The number of hydrogen-bond acceptors (Lipinski definition) is 3. The molecular weight excluding hydrogens is 385 g/mol. The third kappa shape index (κ3) is 7.14. The Hall–Kier alpha value is -3.03. The maximum atomic E-state index is 12.5. The lowest BCUT2D eigenvalue weighted by Crippen LogP contribution is -2.37. The van der Waals surface area contributed by atoms with E-state index in [-0.39, 0.29) is 18.0 Å². The lowest BCUT2D eigenvalue weighted by Gasteiger charge is -2.22. The minimum absolute atomic E-state index is 0.114. The zero-order valence-electron chi connectivity index (χ0n) is 16.4. The predicted octanol–water partition coefficient (Wildman–Crippen LogP) is 3.71. The second-order valence-corrected chi connectivity index (χ2v) is 6.76. The van der Waals surface area contributed by atoms with Crippen LogP contribution in [0.4, 0.5) is 13.2 Å². The Morgan fingerprint density at radius 3 is 2.21 bits per heavy atom. The van der Waals surface area contributed by atoms with Crippen LogP contribution in [-0.4, -0.2) is 42.6 Å². The van der Waals surface area contributed by atoms with E-state index in [0.29, 0.717) is 5.75 Å². The van der Waals surface area contributed by atoms with E-state index in [1.807, 2.05) is 24.4 Å². The molecule has 2 aromatic rings. The van der Waals surface area contributed by atoms with Crippen molar-refractivity contribution in [1.82, 2.24) is 10.2 Å². The molecule has 0 fully saturated rings. The van der Waals surface area contributed by atoms with E-state index in [9.17, 15) is 22.8 Å². The topological polar surface area (TPSA) is 58.6 Å². The van der Waals surface area contributed by atoms with Crippen LogP contribution in [0.15, 0.2) is 48.5 Å². The Kier molecular flexibility index (Phi) is 7.25. The first kappa shape index (κ1) is 22.3. The van der Waals surface area contributed by atoms with Crippen molar-refractivity contribution < 1.29 is 27.5 Å². The first-order valence-corrected chi connectivity index (χ1v) is 8.97. The number of rotatable bonds is 7. The molecule has 0 spiro atoms. The number of nitrogens with zero attached hydrogens (tertiary/aromatic N) is 1. The van der Waals surface area contributed by atoms with Crippen molar-refractivity contribution in [1.29, 1.82) is 0 Å². The van der Waals surface area contributed by atoms with E-state index in [2.05, 4.69) is 0 Å². The first-order chi connectivity index (χ1) is 13.5. The van der Waals surface area contributed by atoms with Crippen molar-refractivity contribution in [3.63, 3.8) is 0 Å². The fourth-order valence-electron chi connectivity index (χ4n) is 2.58. The zero-order valence-corrected chi connectivity index (χ0v) is 16.4. The second kappa shape index (κ2) is 9.45. The molecule has 0 saturated carbocycles. The molecule has 0 bridgehead atoms. The molecule has 0 heterocycles. The lowest BCUT2D eigenvalue weighted by atomic mass is 10.1. The van der Waals surface area contributed by atoms with E-state index < -0.39 is 24.7 Å². The summed E-state index contributed by atoms with van der Waals surface area (Å²) in [5.41, 5.74) is 1.93. The van der Waals surface area contributed by atoms with E-state index in [1.165, 1.54) is 17.0 Å². The van der Waals surface area contributed by atoms with Gasteiger partial charge >= 0.3 is 6.18 Å². The molecule has 156 valence electrons. The lowest BCUT2D eigenvalue weighted by molar-refractivity contribution is -0.137. The maximum absolute atomic E-state index is 12.5. The van der Waals surface area contributed by atoms with Gasteiger partial charge in [0.25, 0.3) is 11.8 Å². The van der Waals surface area contributed by atoms with Crippen LogP contribution in [0.1, 0.15) is 28.4 Å². The minimum Gasteiger partial charge on any atom is -0.481 e. The van der Waals surface area contributed by atoms with E-state index >= 15 is 0 Å². The van der Waals surface area contributed by atoms with E-state index in [0.717, 1.165) is 11.1 Å². The van der Waals surface area contributed by atoms with Gasteiger partial charge in [-0.15, -0.1) is 0 Å². The van der Waals surface area contributed by atoms with Gasteiger partial charge in [0, 0.05) is 19.2 Å². The largest absolute Gasteiger partial charge is 0.481 e. The van der Waals surface area contributed by atoms with Crippen molar-refractivity contribution in [2.75, 3.05) is 13.6 Å². The smallest absolute Gasteiger partial charge is 0.405 e. The third-order valence-corrected chi connectivity index (χ3v) is 4.14. The normalized spacial score (nSPS) is 12.2. The average molecular weight is 408 g/mol. The Labute approximate surface area is 167 Å². The van der Waals surface area contributed by atoms with Gasteiger partial charge in [0.1, 0.15) is 12.3 Å². The maximum Gasteiger partial charge on any atom is 0.405 e. The van der Waals surface area contributed by atoms with Crippen molar-refractivity contribution in [3.8, 4) is 5.75 Å². The highest BCUT2D eigenvalue weighted by molar-refractivity contribution is 5.94. The van der Waals surface area contributed by atoms with Crippen molar-refractivity contribution in [2.45, 2.75) is 32.7 Å². The number of amides is 2. The van der Waals surface area contributed by atoms with Crippen molar-refractivity contribution >= 4 is 11.8 Å². The predicted molar refractivity (Wildman–Crippen MR) is 103 cm³/mol. The Morgan fingerprint density at radius 2 is 1.66 bits per heavy atom. The standard InChI is InChI=1S/C21H23F3N2O3/c1-14-4-10-18(11-5-14)29-15(2)20(28)26(3)12-16-6-8-17(9-7-16)19(27)25-13-21(22,23)24/h4-11,15H,12-13H2,1-3H3,(H,25,27)/t15-/m0/s1. The van der Waals surface area contributed by atoms with E-state index in [1.54, 1.807) is 38.2 Å². The van der Waals surface area contributed by atoms with Gasteiger partial charge in [-0.25, -0.2) is 0 Å². The minimum atomic E-state index is -4.46. The number of carbonyl (C=O) groups excluding carboxylic acids is 2. The van der Waals surface area contributed by atoms with Crippen LogP contribution in [0.25, 0.3) is 0 Å². The quantitative estimate of drug-likeness (QED) is 0.760. The van der Waals surface area contributed by atoms with Crippen molar-refractivity contribution in [2.24, 2.45) is 0 Å². The second-order valence-electron chi connectivity index (χ2n) is 6.76. The highest BCUT2D eigenvalue weighted by Crippen LogP contribution is 2.15. The molecule has 2 aromatic carbocycles. The van der Waals surface area contributed by atoms with Crippen molar-refractivity contribution in [3.05, 3.63) is 65.2 Å². The molecule has 0 aliphatic heterocycles. The van der Waals surface area contributed by atoms with Gasteiger partial charge in [-0.3, -0.25) is 9.59 Å². The molecule has 1 atom stereocenters. The molecule has 29 heavy (non-hydrogen) atoms. The molecule has 0 aliphatic carbocycles. The molecule has 2 amide bonds. The zero-order chi connectivity index (χ0) is 21.6. The van der Waals surface area contributed by atoms with Crippen LogP contribution in [-0.2, 0) is 11.3 Å². The number of alkyl halides is 3. The Morgan fingerprint density at radius 1 is 1.07 bits per heavy atom. The summed E-state index contributed by atoms with van der Waals surface area (Å²) in [7, 11) is 1.63. The van der Waals surface area contributed by atoms with Gasteiger partial charge in [-0.1, -0.05) is 29.8 Å². The molecule has 0 aromatic heterocycles. The number of halogens is 3. The fraction of sp³-hybridized carbons (Fsp3) is 0.333. The number of aryl methyl sites for hydroxylation is 1. The van der Waals surface area contributed by atoms with Crippen LogP contribution in [0, 0.1) is 6.92 Å². The molecule has 2 rings (SSSR count). The van der Waals surface area contributed by atoms with E-state index in [4.69, 9.17) is 4.74 Å². The van der Waals surface area contributed by atoms with Gasteiger partial charge in [0.15, 0.2) is 6.10 Å². The summed E-state index contributed by atoms with van der Waals surface area (Å²) in [6.45, 7) is 2.50. The molecule has 0 aliphatic rings. The number of likely N-dealkylation sites (N-methyl/N-ethyl adjacent to an activating group) is 1. The summed E-state index contributed by atoms with van der Waals surface area (Å²) in [5, 5.41) is 1.81. The molecule has 0 saturated heterocycles. The summed E-state index contributed by atoms with van der Waals surface area (Å²) in [6, 6.07) is 13.4. The number of benzene rings is 2. The number of carbonyl (C=O) groups is 2. The van der Waals surface area contributed by atoms with Gasteiger partial charge in [0.2, 0.25) is 0 Å². The number of nitrogens with one attached hydrogen (secondary N) is 1. The SMILES string of the molecule is Cc1ccc(O[C@@H](C)C(=O)N(C)Cc2ccc(C(=O)NCC(F)(F)F)cc2)cc1. The summed E-state index contributed by atoms with van der Waals surface area (Å²) in [5.74, 6) is -0.435.